The number of halogens is 5. The highest BCUT2D eigenvalue weighted by molar-refractivity contribution is 4.91. The summed E-state index contributed by atoms with van der Waals surface area (Å²) < 4.78 is 57.5. The average molecular weight is 174 g/mol. The van der Waals surface area contributed by atoms with Crippen molar-refractivity contribution in [1.82, 2.24) is 0 Å². The number of rotatable bonds is 2. The molecule has 0 aliphatic carbocycles. The Kier molecular flexibility index (Phi) is 3.48. The zero-order valence-electron chi connectivity index (χ0n) is 5.70. The van der Waals surface area contributed by atoms with Crippen LogP contribution < -0.4 is 0 Å². The maximum Gasteiger partial charge on any atom is 0.394 e. The van der Waals surface area contributed by atoms with Crippen LogP contribution >= 0.6 is 0 Å². The Morgan fingerprint density at radius 1 is 1.09 bits per heavy atom. The van der Waals surface area contributed by atoms with Crippen molar-refractivity contribution in [3.63, 3.8) is 0 Å². The quantitative estimate of drug-likeness (QED) is 0.446. The van der Waals surface area contributed by atoms with Crippen LogP contribution in [0.25, 0.3) is 0 Å². The zero-order chi connectivity index (χ0) is 9.07. The summed E-state index contributed by atoms with van der Waals surface area (Å²) in [6.45, 7) is 0.818. The van der Waals surface area contributed by atoms with Gasteiger partial charge in [0, 0.05) is 0 Å². The van der Waals surface area contributed by atoms with Crippen LogP contribution in [0.2, 0.25) is 0 Å². The van der Waals surface area contributed by atoms with Gasteiger partial charge in [0.2, 0.25) is 0 Å². The summed E-state index contributed by atoms with van der Waals surface area (Å²) >= 11 is 0. The number of allylic oxidation sites excluding steroid dienone is 2. The van der Waals surface area contributed by atoms with E-state index in [9.17, 15) is 22.0 Å². The van der Waals surface area contributed by atoms with Crippen molar-refractivity contribution in [2.24, 2.45) is 5.92 Å². The number of alkyl halides is 5. The highest BCUT2D eigenvalue weighted by Gasteiger charge is 2.33. The van der Waals surface area contributed by atoms with Gasteiger partial charge in [0.05, 0.1) is 5.92 Å². The van der Waals surface area contributed by atoms with E-state index >= 15 is 0 Å². The van der Waals surface area contributed by atoms with Crippen LogP contribution in [0.4, 0.5) is 22.0 Å². The van der Waals surface area contributed by atoms with Crippen molar-refractivity contribution < 1.29 is 22.0 Å². The molecule has 0 aromatic carbocycles. The molecule has 0 N–H and O–H groups in total. The predicted octanol–water partition coefficient (Wildman–Crippen LogP) is 3.01. The second kappa shape index (κ2) is 3.69. The first kappa shape index (κ1) is 10.4. The van der Waals surface area contributed by atoms with Crippen LogP contribution in [0.3, 0.4) is 0 Å². The molecule has 0 spiro atoms. The van der Waals surface area contributed by atoms with E-state index in [1.807, 2.05) is 0 Å². The van der Waals surface area contributed by atoms with Crippen molar-refractivity contribution >= 4 is 0 Å². The fourth-order valence-electron chi connectivity index (χ4n) is 0.360. The van der Waals surface area contributed by atoms with Crippen molar-refractivity contribution in [3.05, 3.63) is 12.2 Å². The zero-order valence-corrected chi connectivity index (χ0v) is 5.70. The minimum absolute atomic E-state index is 0.234. The van der Waals surface area contributed by atoms with Crippen LogP contribution in [-0.2, 0) is 0 Å². The third-order valence-electron chi connectivity index (χ3n) is 1.06. The van der Waals surface area contributed by atoms with E-state index in [-0.39, 0.29) is 6.08 Å². The van der Waals surface area contributed by atoms with Crippen LogP contribution in [0.1, 0.15) is 6.92 Å². The van der Waals surface area contributed by atoms with Crippen LogP contribution in [0.15, 0.2) is 12.2 Å². The summed E-state index contributed by atoms with van der Waals surface area (Å²) in [5.74, 6) is -1.81. The number of hydrogen-bond acceptors (Lipinski definition) is 0. The third-order valence-corrected chi connectivity index (χ3v) is 1.06. The molecule has 11 heavy (non-hydrogen) atoms. The third kappa shape index (κ3) is 4.75. The van der Waals surface area contributed by atoms with E-state index in [0.717, 1.165) is 6.92 Å². The Morgan fingerprint density at radius 3 is 1.82 bits per heavy atom. The SMILES string of the molecule is CC(C=CC(F)F)C(F)(F)F. The minimum Gasteiger partial charge on any atom is -0.206 e. The van der Waals surface area contributed by atoms with E-state index in [0.29, 0.717) is 6.08 Å². The molecule has 0 fully saturated rings. The van der Waals surface area contributed by atoms with Crippen LogP contribution in [0.5, 0.6) is 0 Å². The summed E-state index contributed by atoms with van der Waals surface area (Å²) in [6.07, 6.45) is -6.56. The van der Waals surface area contributed by atoms with Gasteiger partial charge in [-0.1, -0.05) is 13.0 Å². The lowest BCUT2D eigenvalue weighted by atomic mass is 10.1. The van der Waals surface area contributed by atoms with Gasteiger partial charge in [0.15, 0.2) is 0 Å². The largest absolute Gasteiger partial charge is 0.394 e. The standard InChI is InChI=1S/C6H7F5/c1-4(6(9,10)11)2-3-5(7)8/h2-5H,1H3. The molecule has 0 bridgehead atoms. The Morgan fingerprint density at radius 2 is 1.55 bits per heavy atom. The molecule has 0 radical (unpaired) electrons. The molecule has 0 aliphatic heterocycles. The molecule has 66 valence electrons. The first-order chi connectivity index (χ1) is 4.84. The lowest BCUT2D eigenvalue weighted by molar-refractivity contribution is -0.156. The summed E-state index contributed by atoms with van der Waals surface area (Å²) in [4.78, 5) is 0. The van der Waals surface area contributed by atoms with Crippen molar-refractivity contribution in [2.75, 3.05) is 0 Å². The molecular weight excluding hydrogens is 167 g/mol. The smallest absolute Gasteiger partial charge is 0.206 e. The Bertz CT molecular complexity index is 134. The van der Waals surface area contributed by atoms with Gasteiger partial charge in [-0.25, -0.2) is 8.78 Å². The fraction of sp³-hybridized carbons (Fsp3) is 0.667. The van der Waals surface area contributed by atoms with Gasteiger partial charge in [-0.15, -0.1) is 0 Å². The Hall–Kier alpha value is -0.610. The Labute approximate surface area is 60.7 Å². The molecule has 1 atom stereocenters. The van der Waals surface area contributed by atoms with Crippen LogP contribution in [-0.4, -0.2) is 12.6 Å². The second-order valence-electron chi connectivity index (χ2n) is 2.05. The first-order valence-electron chi connectivity index (χ1n) is 2.87. The lowest BCUT2D eigenvalue weighted by Gasteiger charge is -2.10. The predicted molar refractivity (Wildman–Crippen MR) is 30.4 cm³/mol. The second-order valence-corrected chi connectivity index (χ2v) is 2.05. The van der Waals surface area contributed by atoms with Gasteiger partial charge in [-0.05, 0) is 6.08 Å². The van der Waals surface area contributed by atoms with E-state index in [1.54, 1.807) is 0 Å². The number of hydrogen-bond donors (Lipinski definition) is 0. The molecule has 0 rings (SSSR count). The van der Waals surface area contributed by atoms with Crippen molar-refractivity contribution in [3.8, 4) is 0 Å². The normalized spacial score (nSPS) is 16.3. The fourth-order valence-corrected chi connectivity index (χ4v) is 0.360. The summed E-state index contributed by atoms with van der Waals surface area (Å²) in [6, 6.07) is 0. The molecule has 0 saturated heterocycles. The molecule has 0 aromatic rings. The van der Waals surface area contributed by atoms with Gasteiger partial charge >= 0.3 is 6.18 Å². The maximum atomic E-state index is 11.6. The maximum absolute atomic E-state index is 11.6. The molecule has 1 unspecified atom stereocenters. The van der Waals surface area contributed by atoms with Gasteiger partial charge in [0.1, 0.15) is 0 Å². The molecule has 5 heteroatoms. The minimum atomic E-state index is -4.43. The first-order valence-corrected chi connectivity index (χ1v) is 2.87. The molecule has 0 aliphatic rings. The molecule has 0 saturated carbocycles. The molecular formula is C6H7F5. The van der Waals surface area contributed by atoms with Crippen molar-refractivity contribution in [2.45, 2.75) is 19.5 Å². The van der Waals surface area contributed by atoms with Gasteiger partial charge in [-0.2, -0.15) is 13.2 Å². The molecule has 0 aromatic heterocycles. The van der Waals surface area contributed by atoms with E-state index in [1.165, 1.54) is 0 Å². The van der Waals surface area contributed by atoms with E-state index < -0.39 is 18.5 Å². The molecule has 0 heterocycles. The van der Waals surface area contributed by atoms with Gasteiger partial charge in [0.25, 0.3) is 6.43 Å². The lowest BCUT2D eigenvalue weighted by Crippen LogP contribution is -2.17. The molecule has 0 nitrogen and oxygen atoms in total. The monoisotopic (exact) mass is 174 g/mol. The average Bonchev–Trinajstić information content (AvgIpc) is 1.80. The summed E-state index contributed by atoms with van der Waals surface area (Å²) in [5.41, 5.74) is 0. The van der Waals surface area contributed by atoms with E-state index in [2.05, 4.69) is 0 Å². The van der Waals surface area contributed by atoms with Gasteiger partial charge < -0.3 is 0 Å². The van der Waals surface area contributed by atoms with Crippen molar-refractivity contribution in [1.29, 1.82) is 0 Å². The van der Waals surface area contributed by atoms with Gasteiger partial charge in [-0.3, -0.25) is 0 Å². The molecule has 0 amide bonds. The summed E-state index contributed by atoms with van der Waals surface area (Å²) in [5, 5.41) is 0. The van der Waals surface area contributed by atoms with E-state index in [4.69, 9.17) is 0 Å². The topological polar surface area (TPSA) is 0 Å². The summed E-state index contributed by atoms with van der Waals surface area (Å²) in [7, 11) is 0. The highest BCUT2D eigenvalue weighted by Crippen LogP contribution is 2.26. The highest BCUT2D eigenvalue weighted by atomic mass is 19.4. The Balaban J connectivity index is 3.97. The van der Waals surface area contributed by atoms with Crippen LogP contribution in [0, 0.1) is 5.92 Å².